The summed E-state index contributed by atoms with van der Waals surface area (Å²) in [7, 11) is -3.62. The van der Waals surface area contributed by atoms with Crippen LogP contribution in [0.5, 0.6) is 0 Å². The van der Waals surface area contributed by atoms with Gasteiger partial charge in [0.1, 0.15) is 6.54 Å². The Bertz CT molecular complexity index is 842. The molecule has 0 atom stereocenters. The van der Waals surface area contributed by atoms with Crippen molar-refractivity contribution in [2.45, 2.75) is 0 Å². The van der Waals surface area contributed by atoms with Crippen LogP contribution >= 0.6 is 0 Å². The number of rotatable bonds is 4. The lowest BCUT2D eigenvalue weighted by Crippen LogP contribution is -2.47. The fourth-order valence-electron chi connectivity index (χ4n) is 2.72. The van der Waals surface area contributed by atoms with Crippen molar-refractivity contribution in [3.05, 3.63) is 36.5 Å². The number of amides is 1. The van der Waals surface area contributed by atoms with Gasteiger partial charge in [-0.05, 0) is 24.3 Å². The van der Waals surface area contributed by atoms with Crippen LogP contribution in [0.3, 0.4) is 0 Å². The van der Waals surface area contributed by atoms with Crippen molar-refractivity contribution in [3.63, 3.8) is 0 Å². The van der Waals surface area contributed by atoms with Gasteiger partial charge in [0.25, 0.3) is 0 Å². The average Bonchev–Trinajstić information content (AvgIpc) is 2.59. The number of hydrogen-bond donors (Lipinski definition) is 0. The van der Waals surface area contributed by atoms with Gasteiger partial charge in [-0.3, -0.25) is 14.1 Å². The molecular weight excluding hydrogens is 330 g/mol. The van der Waals surface area contributed by atoms with Gasteiger partial charge in [-0.25, -0.2) is 8.42 Å². The first-order chi connectivity index (χ1) is 11.5. The molecule has 0 radical (unpaired) electrons. The van der Waals surface area contributed by atoms with Gasteiger partial charge < -0.3 is 9.64 Å². The molecule has 1 saturated heterocycles. The van der Waals surface area contributed by atoms with Gasteiger partial charge in [0.15, 0.2) is 0 Å². The number of aromatic nitrogens is 1. The monoisotopic (exact) mass is 349 g/mol. The molecule has 24 heavy (non-hydrogen) atoms. The average molecular weight is 349 g/mol. The number of pyridine rings is 1. The summed E-state index contributed by atoms with van der Waals surface area (Å²) in [5, 5.41) is 0.695. The first-order valence-corrected chi connectivity index (χ1v) is 9.48. The van der Waals surface area contributed by atoms with Crippen LogP contribution in [0.1, 0.15) is 0 Å². The van der Waals surface area contributed by atoms with Gasteiger partial charge in [0.2, 0.25) is 15.9 Å². The Labute approximate surface area is 140 Å². The first kappa shape index (κ1) is 16.7. The maximum atomic E-state index is 12.5. The van der Waals surface area contributed by atoms with Crippen LogP contribution < -0.4 is 4.31 Å². The molecule has 2 heterocycles. The highest BCUT2D eigenvalue weighted by Gasteiger charge is 2.26. The van der Waals surface area contributed by atoms with E-state index in [9.17, 15) is 13.2 Å². The summed E-state index contributed by atoms with van der Waals surface area (Å²) in [4.78, 5) is 18.4. The number of morpholine rings is 1. The Hall–Kier alpha value is -2.19. The van der Waals surface area contributed by atoms with Crippen LogP contribution in [0.4, 0.5) is 5.69 Å². The van der Waals surface area contributed by atoms with E-state index in [0.717, 1.165) is 10.6 Å². The number of nitrogens with zero attached hydrogens (tertiary/aromatic N) is 3. The lowest BCUT2D eigenvalue weighted by atomic mass is 10.2. The Morgan fingerprint density at radius 2 is 2.00 bits per heavy atom. The zero-order chi connectivity index (χ0) is 17.2. The van der Waals surface area contributed by atoms with E-state index in [1.807, 2.05) is 6.07 Å². The molecule has 7 nitrogen and oxygen atoms in total. The first-order valence-electron chi connectivity index (χ1n) is 7.64. The SMILES string of the molecule is CS(=O)(=O)N(CC(=O)N1CCOCC1)c1cccc2ncccc12. The van der Waals surface area contributed by atoms with E-state index in [1.165, 1.54) is 0 Å². The third-order valence-electron chi connectivity index (χ3n) is 3.93. The highest BCUT2D eigenvalue weighted by atomic mass is 32.2. The van der Waals surface area contributed by atoms with Crippen LogP contribution in [-0.4, -0.2) is 63.3 Å². The third-order valence-corrected chi connectivity index (χ3v) is 5.06. The predicted molar refractivity (Wildman–Crippen MR) is 91.3 cm³/mol. The molecule has 0 saturated carbocycles. The molecule has 0 spiro atoms. The lowest BCUT2D eigenvalue weighted by molar-refractivity contribution is -0.133. The summed E-state index contributed by atoms with van der Waals surface area (Å²) in [6.07, 6.45) is 2.75. The Morgan fingerprint density at radius 1 is 1.25 bits per heavy atom. The van der Waals surface area contributed by atoms with Crippen LogP contribution in [0, 0.1) is 0 Å². The van der Waals surface area contributed by atoms with Gasteiger partial charge in [-0.1, -0.05) is 6.07 Å². The molecule has 0 unspecified atom stereocenters. The highest BCUT2D eigenvalue weighted by molar-refractivity contribution is 7.92. The number of carbonyl (C=O) groups is 1. The number of sulfonamides is 1. The number of ether oxygens (including phenoxy) is 1. The molecule has 1 aromatic carbocycles. The quantitative estimate of drug-likeness (QED) is 0.818. The molecule has 2 aromatic rings. The minimum absolute atomic E-state index is 0.229. The van der Waals surface area contributed by atoms with Crippen LogP contribution in [0.15, 0.2) is 36.5 Å². The smallest absolute Gasteiger partial charge is 0.243 e. The fourth-order valence-corrected chi connectivity index (χ4v) is 3.58. The normalized spacial score (nSPS) is 15.5. The molecule has 3 rings (SSSR count). The number of hydrogen-bond acceptors (Lipinski definition) is 5. The molecule has 0 aliphatic carbocycles. The molecule has 1 aromatic heterocycles. The van der Waals surface area contributed by atoms with Crippen LogP contribution in [0.2, 0.25) is 0 Å². The van der Waals surface area contributed by atoms with Crippen molar-refractivity contribution in [1.82, 2.24) is 9.88 Å². The van der Waals surface area contributed by atoms with Crippen molar-refractivity contribution in [2.75, 3.05) is 43.4 Å². The van der Waals surface area contributed by atoms with Crippen LogP contribution in [0.25, 0.3) is 10.9 Å². The molecular formula is C16H19N3O4S. The van der Waals surface area contributed by atoms with E-state index in [1.54, 1.807) is 35.4 Å². The number of carbonyl (C=O) groups excluding carboxylic acids is 1. The third kappa shape index (κ3) is 3.49. The molecule has 1 fully saturated rings. The molecule has 0 N–H and O–H groups in total. The summed E-state index contributed by atoms with van der Waals surface area (Å²) < 4.78 is 31.0. The van der Waals surface area contributed by atoms with Crippen molar-refractivity contribution in [2.24, 2.45) is 0 Å². The van der Waals surface area contributed by atoms with E-state index < -0.39 is 10.0 Å². The lowest BCUT2D eigenvalue weighted by Gasteiger charge is -2.30. The minimum Gasteiger partial charge on any atom is -0.378 e. The predicted octanol–water partition coefficient (Wildman–Crippen LogP) is 0.860. The van der Waals surface area contributed by atoms with Crippen LogP contribution in [-0.2, 0) is 19.6 Å². The summed E-state index contributed by atoms with van der Waals surface area (Å²) in [5.41, 5.74) is 1.15. The molecule has 1 amide bonds. The number of anilines is 1. The molecule has 0 bridgehead atoms. The second-order valence-corrected chi connectivity index (χ2v) is 7.52. The number of benzene rings is 1. The van der Waals surface area contributed by atoms with Crippen molar-refractivity contribution >= 4 is 32.5 Å². The van der Waals surface area contributed by atoms with E-state index in [2.05, 4.69) is 4.98 Å². The summed E-state index contributed by atoms with van der Waals surface area (Å²) in [6, 6.07) is 8.79. The van der Waals surface area contributed by atoms with E-state index >= 15 is 0 Å². The fraction of sp³-hybridized carbons (Fsp3) is 0.375. The Balaban J connectivity index is 1.96. The maximum absolute atomic E-state index is 12.5. The van der Waals surface area contributed by atoms with Gasteiger partial charge in [0, 0.05) is 24.7 Å². The standard InChI is InChI=1S/C16H19N3O4S/c1-24(21,22)19(12-16(20)18-8-10-23-11-9-18)15-6-2-5-14-13(15)4-3-7-17-14/h2-7H,8-12H2,1H3. The van der Waals surface area contributed by atoms with Crippen molar-refractivity contribution < 1.29 is 17.9 Å². The Kier molecular flexibility index (Phi) is 4.68. The summed E-state index contributed by atoms with van der Waals surface area (Å²) in [5.74, 6) is -0.232. The molecule has 128 valence electrons. The zero-order valence-electron chi connectivity index (χ0n) is 13.4. The minimum atomic E-state index is -3.62. The zero-order valence-corrected chi connectivity index (χ0v) is 14.2. The largest absolute Gasteiger partial charge is 0.378 e. The summed E-state index contributed by atoms with van der Waals surface area (Å²) in [6.45, 7) is 1.68. The second-order valence-electron chi connectivity index (χ2n) is 5.61. The molecule has 1 aliphatic heterocycles. The molecule has 1 aliphatic rings. The topological polar surface area (TPSA) is 79.8 Å². The van der Waals surface area contributed by atoms with Crippen molar-refractivity contribution in [1.29, 1.82) is 0 Å². The second kappa shape index (κ2) is 6.74. The summed E-state index contributed by atoms with van der Waals surface area (Å²) >= 11 is 0. The van der Waals surface area contributed by atoms with Gasteiger partial charge >= 0.3 is 0 Å². The van der Waals surface area contributed by atoms with Gasteiger partial charge in [-0.15, -0.1) is 0 Å². The van der Waals surface area contributed by atoms with E-state index in [0.29, 0.717) is 42.9 Å². The molecule has 8 heteroatoms. The highest BCUT2D eigenvalue weighted by Crippen LogP contribution is 2.27. The number of fused-ring (bicyclic) bond motifs is 1. The van der Waals surface area contributed by atoms with Crippen molar-refractivity contribution in [3.8, 4) is 0 Å². The van der Waals surface area contributed by atoms with Gasteiger partial charge in [-0.2, -0.15) is 0 Å². The van der Waals surface area contributed by atoms with E-state index in [4.69, 9.17) is 4.74 Å². The Morgan fingerprint density at radius 3 is 2.71 bits per heavy atom. The van der Waals surface area contributed by atoms with Gasteiger partial charge in [0.05, 0.1) is 30.7 Å². The van der Waals surface area contributed by atoms with E-state index in [-0.39, 0.29) is 12.5 Å². The maximum Gasteiger partial charge on any atom is 0.243 e.